The van der Waals surface area contributed by atoms with E-state index in [1.807, 2.05) is 0 Å². The number of hydroxylamine groups is 4. The SMILES string of the molecule is CCCCCCCCCCCCCCCCCCCCC(=O)N(O)CCCCC(NC(=O)C1COC(c2ccccc2O)=N1)(C(=O)O)C(C)CC(=O)NC1CCCCN(O)C1=O. The van der Waals surface area contributed by atoms with Gasteiger partial charge in [-0.1, -0.05) is 135 Å². The lowest BCUT2D eigenvalue weighted by Gasteiger charge is -2.37. The van der Waals surface area contributed by atoms with Crippen LogP contribution in [0.25, 0.3) is 0 Å². The van der Waals surface area contributed by atoms with Crippen LogP contribution >= 0.6 is 0 Å². The van der Waals surface area contributed by atoms with Crippen molar-refractivity contribution in [1.29, 1.82) is 0 Å². The molecule has 2 aliphatic heterocycles. The van der Waals surface area contributed by atoms with Gasteiger partial charge in [-0.25, -0.2) is 19.9 Å². The minimum atomic E-state index is -1.99. The Morgan fingerprint density at radius 3 is 2.03 bits per heavy atom. The minimum Gasteiger partial charge on any atom is -0.507 e. The van der Waals surface area contributed by atoms with Crippen molar-refractivity contribution in [2.75, 3.05) is 19.7 Å². The van der Waals surface area contributed by atoms with E-state index in [2.05, 4.69) is 22.5 Å². The number of carboxylic acid groups (broad SMARTS) is 1. The summed E-state index contributed by atoms with van der Waals surface area (Å²) in [6.07, 6.45) is 23.9. The van der Waals surface area contributed by atoms with Gasteiger partial charge in [-0.2, -0.15) is 0 Å². The van der Waals surface area contributed by atoms with Crippen molar-refractivity contribution in [3.05, 3.63) is 29.8 Å². The van der Waals surface area contributed by atoms with Crippen molar-refractivity contribution < 1.29 is 49.3 Å². The molecule has 0 spiro atoms. The smallest absolute Gasteiger partial charge is 0.329 e. The number of phenolic OH excluding ortho intramolecular Hbond substituents is 1. The number of carbonyl (C=O) groups excluding carboxylic acids is 4. The molecular weight excluding hydrogens is 795 g/mol. The third-order valence-electron chi connectivity index (χ3n) is 12.4. The zero-order chi connectivity index (χ0) is 45.2. The summed E-state index contributed by atoms with van der Waals surface area (Å²) >= 11 is 0. The molecule has 3 rings (SSSR count). The van der Waals surface area contributed by atoms with Gasteiger partial charge in [0.15, 0.2) is 6.04 Å². The van der Waals surface area contributed by atoms with Crippen molar-refractivity contribution in [2.24, 2.45) is 10.9 Å². The van der Waals surface area contributed by atoms with Crippen molar-refractivity contribution in [1.82, 2.24) is 20.8 Å². The van der Waals surface area contributed by atoms with E-state index >= 15 is 0 Å². The monoisotopic (exact) mass is 872 g/mol. The van der Waals surface area contributed by atoms with E-state index in [0.717, 1.165) is 19.3 Å². The van der Waals surface area contributed by atoms with Gasteiger partial charge < -0.3 is 25.6 Å². The van der Waals surface area contributed by atoms with Gasteiger partial charge in [0.25, 0.3) is 5.91 Å². The number of para-hydroxylation sites is 1. The number of hydrogen-bond acceptors (Lipinski definition) is 10. The van der Waals surface area contributed by atoms with E-state index in [4.69, 9.17) is 4.74 Å². The van der Waals surface area contributed by atoms with Crippen LogP contribution in [-0.2, 0) is 28.7 Å². The molecule has 4 unspecified atom stereocenters. The summed E-state index contributed by atoms with van der Waals surface area (Å²) in [5.41, 5.74) is -1.72. The van der Waals surface area contributed by atoms with E-state index in [0.29, 0.717) is 35.8 Å². The van der Waals surface area contributed by atoms with Crippen LogP contribution in [0.1, 0.15) is 186 Å². The first-order chi connectivity index (χ1) is 29.9. The summed E-state index contributed by atoms with van der Waals surface area (Å²) in [7, 11) is 0. The molecule has 2 heterocycles. The van der Waals surface area contributed by atoms with Gasteiger partial charge in [-0.05, 0) is 63.0 Å². The van der Waals surface area contributed by atoms with E-state index < -0.39 is 53.1 Å². The molecule has 4 amide bonds. The molecule has 2 aliphatic rings. The fourth-order valence-corrected chi connectivity index (χ4v) is 8.38. The molecule has 0 radical (unpaired) electrons. The largest absolute Gasteiger partial charge is 0.507 e. The predicted octanol–water partition coefficient (Wildman–Crippen LogP) is 8.21. The summed E-state index contributed by atoms with van der Waals surface area (Å²) in [5.74, 6) is -4.91. The number of rotatable bonds is 32. The maximum absolute atomic E-state index is 13.7. The second kappa shape index (κ2) is 29.2. The number of aliphatic carboxylic acids is 1. The van der Waals surface area contributed by atoms with Crippen LogP contribution < -0.4 is 10.6 Å². The summed E-state index contributed by atoms with van der Waals surface area (Å²) in [5, 5.41) is 48.0. The van der Waals surface area contributed by atoms with Crippen LogP contribution in [-0.4, -0.2) is 104 Å². The number of carboxylic acids is 1. The molecule has 6 N–H and O–H groups in total. The van der Waals surface area contributed by atoms with Gasteiger partial charge in [0.2, 0.25) is 23.6 Å². The zero-order valence-electron chi connectivity index (χ0n) is 37.6. The highest BCUT2D eigenvalue weighted by molar-refractivity contribution is 6.01. The highest BCUT2D eigenvalue weighted by Crippen LogP contribution is 2.30. The first-order valence-electron chi connectivity index (χ1n) is 23.7. The Kier molecular flexibility index (Phi) is 24.5. The van der Waals surface area contributed by atoms with Crippen LogP contribution in [0.15, 0.2) is 29.3 Å². The molecule has 15 heteroatoms. The van der Waals surface area contributed by atoms with Crippen LogP contribution in [0.5, 0.6) is 5.75 Å². The summed E-state index contributed by atoms with van der Waals surface area (Å²) < 4.78 is 5.60. The Labute approximate surface area is 369 Å². The van der Waals surface area contributed by atoms with Crippen molar-refractivity contribution in [2.45, 2.75) is 198 Å². The average Bonchev–Trinajstić information content (AvgIpc) is 3.69. The lowest BCUT2D eigenvalue weighted by atomic mass is 9.78. The van der Waals surface area contributed by atoms with Crippen LogP contribution in [0, 0.1) is 5.92 Å². The standard InChI is InChI=1S/C47H77N5O10/c1-3-4-5-6-7-8-9-10-11-12-13-14-15-16-17-18-19-20-30-42(55)51(60)32-26-24-31-47(46(58)59,36(2)34-41(54)48-38-28-23-25-33-52(61)45(38)57)50-43(56)39-35-62-44(49-39)37-27-21-22-29-40(37)53/h21-22,27,29,36,38-39,53,60-61H,3-20,23-26,28,30-35H2,1-2H3,(H,48,54)(H,50,56)(H,58,59). The molecule has 0 saturated carbocycles. The van der Waals surface area contributed by atoms with Crippen molar-refractivity contribution in [3.8, 4) is 5.75 Å². The summed E-state index contributed by atoms with van der Waals surface area (Å²) in [6.45, 7) is 3.67. The zero-order valence-corrected chi connectivity index (χ0v) is 37.6. The van der Waals surface area contributed by atoms with Gasteiger partial charge >= 0.3 is 5.97 Å². The highest BCUT2D eigenvalue weighted by Gasteiger charge is 2.47. The third-order valence-corrected chi connectivity index (χ3v) is 12.4. The number of benzene rings is 1. The number of nitrogens with one attached hydrogen (secondary N) is 2. The Hall–Kier alpha value is -4.24. The second-order valence-electron chi connectivity index (χ2n) is 17.5. The fourth-order valence-electron chi connectivity index (χ4n) is 8.38. The minimum absolute atomic E-state index is 0.0281. The van der Waals surface area contributed by atoms with E-state index in [9.17, 15) is 44.6 Å². The van der Waals surface area contributed by atoms with Gasteiger partial charge in [0.1, 0.15) is 23.9 Å². The fraction of sp³-hybridized carbons (Fsp3) is 0.745. The number of aliphatic imine (C=N–C) groups is 1. The molecule has 0 aromatic heterocycles. The molecule has 1 fully saturated rings. The molecule has 15 nitrogen and oxygen atoms in total. The molecule has 1 aromatic carbocycles. The molecule has 62 heavy (non-hydrogen) atoms. The molecule has 4 atom stereocenters. The van der Waals surface area contributed by atoms with Gasteiger partial charge in [-0.15, -0.1) is 0 Å². The molecule has 1 aromatic rings. The first-order valence-corrected chi connectivity index (χ1v) is 23.7. The lowest BCUT2D eigenvalue weighted by molar-refractivity contribution is -0.167. The second-order valence-corrected chi connectivity index (χ2v) is 17.5. The number of unbranched alkanes of at least 4 members (excludes halogenated alkanes) is 18. The van der Waals surface area contributed by atoms with Crippen LogP contribution in [0.2, 0.25) is 0 Å². The van der Waals surface area contributed by atoms with Crippen LogP contribution in [0.4, 0.5) is 0 Å². The van der Waals surface area contributed by atoms with E-state index in [1.165, 1.54) is 103 Å². The topological polar surface area (TPSA) is 218 Å². The number of nitrogens with zero attached hydrogens (tertiary/aromatic N) is 3. The number of hydrogen-bond donors (Lipinski definition) is 6. The van der Waals surface area contributed by atoms with Crippen molar-refractivity contribution >= 4 is 35.5 Å². The average molecular weight is 872 g/mol. The maximum Gasteiger partial charge on any atom is 0.329 e. The first kappa shape index (κ1) is 52.1. The van der Waals surface area contributed by atoms with Gasteiger partial charge in [0.05, 0.1) is 5.56 Å². The number of phenols is 1. The van der Waals surface area contributed by atoms with Crippen LogP contribution in [0.3, 0.4) is 0 Å². The number of carbonyl (C=O) groups is 5. The molecular formula is C47H77N5O10. The van der Waals surface area contributed by atoms with E-state index in [-0.39, 0.29) is 69.0 Å². The summed E-state index contributed by atoms with van der Waals surface area (Å²) in [4.78, 5) is 69.8. The summed E-state index contributed by atoms with van der Waals surface area (Å²) in [6, 6.07) is 4.19. The molecule has 0 aliphatic carbocycles. The molecule has 350 valence electrons. The number of amides is 4. The van der Waals surface area contributed by atoms with E-state index in [1.54, 1.807) is 18.2 Å². The quantitative estimate of drug-likeness (QED) is 0.0232. The lowest BCUT2D eigenvalue weighted by Crippen LogP contribution is -2.61. The Balaban J connectivity index is 1.44. The normalized spacial score (nSPS) is 18.0. The number of ether oxygens (including phenoxy) is 1. The van der Waals surface area contributed by atoms with Crippen molar-refractivity contribution in [3.63, 3.8) is 0 Å². The maximum atomic E-state index is 13.7. The van der Waals surface area contributed by atoms with Gasteiger partial charge in [0, 0.05) is 25.9 Å². The predicted molar refractivity (Wildman–Crippen MR) is 237 cm³/mol. The Bertz CT molecular complexity index is 1560. The Morgan fingerprint density at radius 1 is 0.871 bits per heavy atom. The Morgan fingerprint density at radius 2 is 1.45 bits per heavy atom. The highest BCUT2D eigenvalue weighted by atomic mass is 16.5. The van der Waals surface area contributed by atoms with Gasteiger partial charge in [-0.3, -0.25) is 29.6 Å². The molecule has 1 saturated heterocycles. The molecule has 0 bridgehead atoms. The number of aromatic hydroxyl groups is 1. The third kappa shape index (κ3) is 18.2.